The summed E-state index contributed by atoms with van der Waals surface area (Å²) in [5, 5.41) is 3.29. The van der Waals surface area contributed by atoms with E-state index >= 15 is 0 Å². The van der Waals surface area contributed by atoms with Crippen molar-refractivity contribution in [3.05, 3.63) is 65.7 Å². The summed E-state index contributed by atoms with van der Waals surface area (Å²) in [5.74, 6) is 0.301. The number of benzene rings is 2. The number of Topliss-reactive ketones (excluding diaryl/α,β-unsaturated/α-hetero) is 1. The molecule has 0 bridgehead atoms. The Hall–Kier alpha value is -1.80. The van der Waals surface area contributed by atoms with Gasteiger partial charge < -0.3 is 5.32 Å². The zero-order valence-electron chi connectivity index (χ0n) is 12.3. The molecular weight excluding hydrogens is 282 g/mol. The second-order valence-electron chi connectivity index (χ2n) is 4.87. The van der Waals surface area contributed by atoms with Crippen LogP contribution in [0.2, 0.25) is 0 Å². The van der Waals surface area contributed by atoms with E-state index in [0.717, 1.165) is 18.5 Å². The first kappa shape index (κ1) is 17.3. The molecule has 2 nitrogen and oxygen atoms in total. The maximum absolute atomic E-state index is 11.1. The maximum atomic E-state index is 11.1. The topological polar surface area (TPSA) is 29.1 Å². The van der Waals surface area contributed by atoms with Gasteiger partial charge in [0.05, 0.1) is 0 Å². The number of nitrogens with one attached hydrogen (secondary N) is 1. The van der Waals surface area contributed by atoms with Gasteiger partial charge in [-0.3, -0.25) is 4.79 Å². The summed E-state index contributed by atoms with van der Waals surface area (Å²) in [6, 6.07) is 18.1. The fourth-order valence-electron chi connectivity index (χ4n) is 2.22. The van der Waals surface area contributed by atoms with E-state index < -0.39 is 0 Å². The van der Waals surface area contributed by atoms with Crippen LogP contribution in [0.4, 0.5) is 5.69 Å². The summed E-state index contributed by atoms with van der Waals surface area (Å²) in [4.78, 5) is 11.1. The van der Waals surface area contributed by atoms with Crippen LogP contribution >= 0.6 is 12.4 Å². The normalized spacial score (nSPS) is 11.8. The number of carbonyl (C=O) groups excluding carboxylic acids is 1. The van der Waals surface area contributed by atoms with Crippen molar-refractivity contribution in [3.8, 4) is 0 Å². The summed E-state index contributed by atoms with van der Waals surface area (Å²) >= 11 is 0. The quantitative estimate of drug-likeness (QED) is 0.887. The van der Waals surface area contributed by atoms with E-state index in [2.05, 4.69) is 24.4 Å². The molecule has 3 rings (SSSR count). The van der Waals surface area contributed by atoms with Crippen LogP contribution in [-0.2, 0) is 6.42 Å². The van der Waals surface area contributed by atoms with E-state index in [1.54, 1.807) is 0 Å². The second-order valence-corrected chi connectivity index (χ2v) is 4.87. The molecular formula is C18H22ClNO. The predicted molar refractivity (Wildman–Crippen MR) is 91.6 cm³/mol. The van der Waals surface area contributed by atoms with E-state index in [1.165, 1.54) is 17.7 Å². The number of halogens is 1. The first-order chi connectivity index (χ1) is 9.81. The predicted octanol–water partition coefficient (Wildman–Crippen LogP) is 4.75. The lowest BCUT2D eigenvalue weighted by Gasteiger charge is -2.01. The molecule has 0 fully saturated rings. The minimum atomic E-state index is 0. The molecule has 1 N–H and O–H groups in total. The summed E-state index contributed by atoms with van der Waals surface area (Å²) in [5.41, 5.74) is 3.36. The van der Waals surface area contributed by atoms with E-state index in [4.69, 9.17) is 0 Å². The molecule has 0 atom stereocenters. The molecule has 3 heteroatoms. The first-order valence-electron chi connectivity index (χ1n) is 7.21. The second kappa shape index (κ2) is 9.19. The maximum Gasteiger partial charge on any atom is 0.163 e. The highest BCUT2D eigenvalue weighted by molar-refractivity contribution is 6.00. The van der Waals surface area contributed by atoms with E-state index in [-0.39, 0.29) is 12.4 Å². The van der Waals surface area contributed by atoms with Gasteiger partial charge in [-0.15, -0.1) is 12.4 Å². The summed E-state index contributed by atoms with van der Waals surface area (Å²) < 4.78 is 0. The fraction of sp³-hybridized carbons (Fsp3) is 0.278. The van der Waals surface area contributed by atoms with Crippen molar-refractivity contribution in [3.63, 3.8) is 0 Å². The van der Waals surface area contributed by atoms with Crippen LogP contribution in [0.15, 0.2) is 54.6 Å². The minimum absolute atomic E-state index is 0. The Morgan fingerprint density at radius 3 is 2.29 bits per heavy atom. The third-order valence-electron chi connectivity index (χ3n) is 3.29. The van der Waals surface area contributed by atoms with Crippen LogP contribution in [-0.4, -0.2) is 12.3 Å². The lowest BCUT2D eigenvalue weighted by Crippen LogP contribution is -1.98. The molecule has 0 radical (unpaired) electrons. The van der Waals surface area contributed by atoms with Crippen molar-refractivity contribution in [1.82, 2.24) is 0 Å². The highest BCUT2D eigenvalue weighted by Gasteiger charge is 2.17. The number of hydrogen-bond donors (Lipinski definition) is 1. The summed E-state index contributed by atoms with van der Waals surface area (Å²) in [7, 11) is 0. The van der Waals surface area contributed by atoms with Crippen molar-refractivity contribution < 1.29 is 4.79 Å². The Morgan fingerprint density at radius 2 is 1.62 bits per heavy atom. The summed E-state index contributed by atoms with van der Waals surface area (Å²) in [6.07, 6.45) is 2.82. The van der Waals surface area contributed by atoms with Crippen molar-refractivity contribution in [2.75, 3.05) is 11.9 Å². The van der Waals surface area contributed by atoms with Gasteiger partial charge in [0.1, 0.15) is 0 Å². The molecule has 2 aromatic rings. The van der Waals surface area contributed by atoms with Gasteiger partial charge in [0.25, 0.3) is 0 Å². The van der Waals surface area contributed by atoms with Gasteiger partial charge in [0, 0.05) is 24.2 Å². The number of para-hydroxylation sites is 1. The zero-order valence-corrected chi connectivity index (χ0v) is 13.2. The van der Waals surface area contributed by atoms with Crippen LogP contribution in [0.25, 0.3) is 0 Å². The largest absolute Gasteiger partial charge is 0.385 e. The lowest BCUT2D eigenvalue weighted by atomic mass is 10.1. The van der Waals surface area contributed by atoms with Crippen LogP contribution in [0.5, 0.6) is 0 Å². The molecule has 0 amide bonds. The van der Waals surface area contributed by atoms with Gasteiger partial charge in [0.2, 0.25) is 0 Å². The molecule has 0 saturated heterocycles. The SMILES string of the molecule is CCCNc1ccccc1.Cl.O=C1CCc2ccccc21. The fourth-order valence-corrected chi connectivity index (χ4v) is 2.22. The number of carbonyl (C=O) groups is 1. The number of rotatable bonds is 3. The number of anilines is 1. The van der Waals surface area contributed by atoms with Crippen molar-refractivity contribution >= 4 is 23.9 Å². The Bertz CT molecular complexity index is 554. The molecule has 1 aliphatic carbocycles. The molecule has 1 aliphatic rings. The third kappa shape index (κ3) is 5.24. The van der Waals surface area contributed by atoms with Gasteiger partial charge in [0.15, 0.2) is 5.78 Å². The highest BCUT2D eigenvalue weighted by atomic mass is 35.5. The molecule has 2 aromatic carbocycles. The van der Waals surface area contributed by atoms with Gasteiger partial charge in [-0.05, 0) is 30.5 Å². The minimum Gasteiger partial charge on any atom is -0.385 e. The van der Waals surface area contributed by atoms with Gasteiger partial charge in [-0.2, -0.15) is 0 Å². The highest BCUT2D eigenvalue weighted by Crippen LogP contribution is 2.20. The van der Waals surface area contributed by atoms with Crippen LogP contribution < -0.4 is 5.32 Å². The zero-order chi connectivity index (χ0) is 14.2. The van der Waals surface area contributed by atoms with Gasteiger partial charge in [-0.25, -0.2) is 0 Å². The smallest absolute Gasteiger partial charge is 0.163 e. The van der Waals surface area contributed by atoms with E-state index in [9.17, 15) is 4.79 Å². The number of fused-ring (bicyclic) bond motifs is 1. The number of ketones is 1. The first-order valence-corrected chi connectivity index (χ1v) is 7.21. The Kier molecular flexibility index (Phi) is 7.55. The molecule has 0 heterocycles. The van der Waals surface area contributed by atoms with Gasteiger partial charge in [-0.1, -0.05) is 49.4 Å². The Morgan fingerprint density at radius 1 is 0.952 bits per heavy atom. The number of aryl methyl sites for hydroxylation is 1. The average Bonchev–Trinajstić information content (AvgIpc) is 2.89. The number of hydrogen-bond acceptors (Lipinski definition) is 2. The van der Waals surface area contributed by atoms with E-state index in [1.807, 2.05) is 42.5 Å². The summed E-state index contributed by atoms with van der Waals surface area (Å²) in [6.45, 7) is 3.22. The molecule has 0 aromatic heterocycles. The average molecular weight is 304 g/mol. The Labute approximate surface area is 133 Å². The van der Waals surface area contributed by atoms with Gasteiger partial charge >= 0.3 is 0 Å². The molecule has 0 spiro atoms. The standard InChI is InChI=1S/C9H13N.C9H8O.ClH/c1-2-8-10-9-6-4-3-5-7-9;10-9-6-5-7-3-1-2-4-8(7)9;/h3-7,10H,2,8H2,1H3;1-4H,5-6H2;1H. The van der Waals surface area contributed by atoms with Crippen molar-refractivity contribution in [1.29, 1.82) is 0 Å². The molecule has 112 valence electrons. The van der Waals surface area contributed by atoms with Crippen LogP contribution in [0.3, 0.4) is 0 Å². The van der Waals surface area contributed by atoms with E-state index in [0.29, 0.717) is 12.2 Å². The Balaban J connectivity index is 0.000000200. The molecule has 0 unspecified atom stereocenters. The molecule has 0 aliphatic heterocycles. The van der Waals surface area contributed by atoms with Crippen LogP contribution in [0.1, 0.15) is 35.7 Å². The van der Waals surface area contributed by atoms with Crippen LogP contribution in [0, 0.1) is 0 Å². The third-order valence-corrected chi connectivity index (χ3v) is 3.29. The molecule has 21 heavy (non-hydrogen) atoms. The lowest BCUT2D eigenvalue weighted by molar-refractivity contribution is 0.0994. The van der Waals surface area contributed by atoms with Crippen molar-refractivity contribution in [2.45, 2.75) is 26.2 Å². The monoisotopic (exact) mass is 303 g/mol. The van der Waals surface area contributed by atoms with Crippen molar-refractivity contribution in [2.24, 2.45) is 0 Å². The molecule has 0 saturated carbocycles.